The lowest BCUT2D eigenvalue weighted by Gasteiger charge is -1.95. The number of rotatable bonds is 4. The van der Waals surface area contributed by atoms with Gasteiger partial charge in [0.1, 0.15) is 5.76 Å². The van der Waals surface area contributed by atoms with Gasteiger partial charge in [-0.25, -0.2) is 4.79 Å². The van der Waals surface area contributed by atoms with Crippen molar-refractivity contribution < 1.29 is 18.9 Å². The van der Waals surface area contributed by atoms with Crippen LogP contribution in [0.5, 0.6) is 0 Å². The molecule has 0 aliphatic carbocycles. The summed E-state index contributed by atoms with van der Waals surface area (Å²) in [5.41, 5.74) is 0.747. The van der Waals surface area contributed by atoms with Crippen molar-refractivity contribution in [2.75, 3.05) is 6.61 Å². The maximum Gasteiger partial charge on any atom is 0.330 e. The van der Waals surface area contributed by atoms with E-state index in [1.165, 1.54) is 12.1 Å². The van der Waals surface area contributed by atoms with Crippen LogP contribution < -0.4 is 0 Å². The van der Waals surface area contributed by atoms with Gasteiger partial charge in [0.25, 0.3) is 0 Å². The molecule has 20 heavy (non-hydrogen) atoms. The van der Waals surface area contributed by atoms with E-state index in [0.29, 0.717) is 23.3 Å². The van der Waals surface area contributed by atoms with Crippen molar-refractivity contribution in [3.05, 3.63) is 45.7 Å². The van der Waals surface area contributed by atoms with Crippen molar-refractivity contribution in [2.24, 2.45) is 0 Å². The summed E-state index contributed by atoms with van der Waals surface area (Å²) in [5, 5.41) is 11.5. The molecule has 6 nitrogen and oxygen atoms in total. The number of hydrogen-bond acceptors (Lipinski definition) is 5. The van der Waals surface area contributed by atoms with Crippen LogP contribution in [-0.4, -0.2) is 17.5 Å². The van der Waals surface area contributed by atoms with Crippen LogP contribution in [0.2, 0.25) is 0 Å². The van der Waals surface area contributed by atoms with Gasteiger partial charge in [0.2, 0.25) is 5.58 Å². The lowest BCUT2D eigenvalue weighted by molar-refractivity contribution is -0.383. The van der Waals surface area contributed by atoms with Crippen molar-refractivity contribution >= 4 is 28.7 Å². The Labute approximate surface area is 114 Å². The first-order valence-corrected chi connectivity index (χ1v) is 6.06. The largest absolute Gasteiger partial charge is 0.463 e. The van der Waals surface area contributed by atoms with E-state index in [-0.39, 0.29) is 11.3 Å². The zero-order valence-electron chi connectivity index (χ0n) is 11.1. The summed E-state index contributed by atoms with van der Waals surface area (Å²) in [5.74, 6) is 0.0431. The average Bonchev–Trinajstić information content (AvgIpc) is 2.72. The molecule has 0 saturated carbocycles. The number of nitrogens with zero attached hydrogens (tertiary/aromatic N) is 1. The molecule has 0 N–H and O–H groups in total. The van der Waals surface area contributed by atoms with Crippen LogP contribution in [0.15, 0.2) is 28.7 Å². The summed E-state index contributed by atoms with van der Waals surface area (Å²) >= 11 is 0. The quantitative estimate of drug-likeness (QED) is 0.370. The number of nitro groups is 1. The Balaban J connectivity index is 2.50. The van der Waals surface area contributed by atoms with E-state index in [9.17, 15) is 14.9 Å². The SMILES string of the molecule is CCOC(=O)/C=C/c1c(C)oc2c([N+](=O)[O-])cccc12. The van der Waals surface area contributed by atoms with E-state index in [1.54, 1.807) is 32.1 Å². The van der Waals surface area contributed by atoms with Crippen molar-refractivity contribution in [1.29, 1.82) is 0 Å². The van der Waals surface area contributed by atoms with E-state index >= 15 is 0 Å². The minimum atomic E-state index is -0.496. The van der Waals surface area contributed by atoms with Crippen LogP contribution in [0, 0.1) is 17.0 Å². The molecule has 104 valence electrons. The first-order valence-electron chi connectivity index (χ1n) is 6.06. The summed E-state index contributed by atoms with van der Waals surface area (Å²) in [6.07, 6.45) is 2.82. The molecule has 0 bridgehead atoms. The number of benzene rings is 1. The number of hydrogen-bond donors (Lipinski definition) is 0. The Kier molecular flexibility index (Phi) is 3.84. The Morgan fingerprint density at radius 3 is 2.90 bits per heavy atom. The van der Waals surface area contributed by atoms with Gasteiger partial charge in [0.15, 0.2) is 0 Å². The number of carbonyl (C=O) groups is 1. The number of furan rings is 1. The Morgan fingerprint density at radius 2 is 2.25 bits per heavy atom. The highest BCUT2D eigenvalue weighted by atomic mass is 16.6. The third kappa shape index (κ3) is 2.54. The van der Waals surface area contributed by atoms with Crippen LogP contribution in [0.1, 0.15) is 18.2 Å². The summed E-state index contributed by atoms with van der Waals surface area (Å²) in [6.45, 7) is 3.70. The maximum atomic E-state index is 11.3. The predicted octanol–water partition coefficient (Wildman–Crippen LogP) is 3.23. The van der Waals surface area contributed by atoms with Gasteiger partial charge in [-0.15, -0.1) is 0 Å². The zero-order chi connectivity index (χ0) is 14.7. The van der Waals surface area contributed by atoms with Gasteiger partial charge in [-0.05, 0) is 26.0 Å². The minimum Gasteiger partial charge on any atom is -0.463 e. The van der Waals surface area contributed by atoms with Crippen LogP contribution in [0.4, 0.5) is 5.69 Å². The van der Waals surface area contributed by atoms with Gasteiger partial charge in [0.05, 0.1) is 11.5 Å². The number of fused-ring (bicyclic) bond motifs is 1. The molecular formula is C14H13NO5. The summed E-state index contributed by atoms with van der Waals surface area (Å²) in [6, 6.07) is 4.67. The molecule has 1 aromatic carbocycles. The Bertz CT molecular complexity index is 699. The first-order chi connectivity index (χ1) is 9.54. The highest BCUT2D eigenvalue weighted by Gasteiger charge is 2.18. The van der Waals surface area contributed by atoms with Crippen LogP contribution in [-0.2, 0) is 9.53 Å². The normalized spacial score (nSPS) is 11.1. The third-order valence-electron chi connectivity index (χ3n) is 2.79. The van der Waals surface area contributed by atoms with E-state index in [0.717, 1.165) is 0 Å². The monoisotopic (exact) mass is 275 g/mol. The fraction of sp³-hybridized carbons (Fsp3) is 0.214. The lowest BCUT2D eigenvalue weighted by atomic mass is 10.1. The van der Waals surface area contributed by atoms with Gasteiger partial charge < -0.3 is 9.15 Å². The number of ether oxygens (including phenoxy) is 1. The Morgan fingerprint density at radius 1 is 1.50 bits per heavy atom. The molecule has 0 fully saturated rings. The van der Waals surface area contributed by atoms with Gasteiger partial charge in [-0.2, -0.15) is 0 Å². The van der Waals surface area contributed by atoms with Crippen LogP contribution in [0.3, 0.4) is 0 Å². The molecule has 2 rings (SSSR count). The average molecular weight is 275 g/mol. The molecule has 0 atom stereocenters. The van der Waals surface area contributed by atoms with Gasteiger partial charge in [0, 0.05) is 23.1 Å². The van der Waals surface area contributed by atoms with Gasteiger partial charge >= 0.3 is 11.7 Å². The number of para-hydroxylation sites is 1. The highest BCUT2D eigenvalue weighted by molar-refractivity contribution is 5.97. The summed E-state index contributed by atoms with van der Waals surface area (Å²) < 4.78 is 10.2. The number of nitro benzene ring substituents is 1. The number of aryl methyl sites for hydroxylation is 1. The van der Waals surface area contributed by atoms with Crippen molar-refractivity contribution in [2.45, 2.75) is 13.8 Å². The zero-order valence-corrected chi connectivity index (χ0v) is 11.1. The van der Waals surface area contributed by atoms with Crippen LogP contribution in [0.25, 0.3) is 17.0 Å². The molecule has 0 radical (unpaired) electrons. The molecule has 6 heteroatoms. The standard InChI is InChI=1S/C14H13NO5/c1-3-19-13(16)8-7-10-9(2)20-14-11(10)5-4-6-12(14)15(17)18/h4-8H,3H2,1-2H3/b8-7+. The smallest absolute Gasteiger partial charge is 0.330 e. The molecule has 0 spiro atoms. The summed E-state index contributed by atoms with van der Waals surface area (Å²) in [4.78, 5) is 21.8. The molecule has 0 saturated heterocycles. The van der Waals surface area contributed by atoms with E-state index < -0.39 is 10.9 Å². The first kappa shape index (κ1) is 13.8. The van der Waals surface area contributed by atoms with E-state index in [4.69, 9.17) is 9.15 Å². The van der Waals surface area contributed by atoms with Crippen molar-refractivity contribution in [3.8, 4) is 0 Å². The summed E-state index contributed by atoms with van der Waals surface area (Å²) in [7, 11) is 0. The lowest BCUT2D eigenvalue weighted by Crippen LogP contribution is -1.98. The predicted molar refractivity (Wildman–Crippen MR) is 73.3 cm³/mol. The third-order valence-corrected chi connectivity index (χ3v) is 2.79. The highest BCUT2D eigenvalue weighted by Crippen LogP contribution is 2.32. The molecular weight excluding hydrogens is 262 g/mol. The second kappa shape index (κ2) is 5.56. The maximum absolute atomic E-state index is 11.3. The molecule has 0 aliphatic rings. The molecule has 0 unspecified atom stereocenters. The number of carbonyl (C=O) groups excluding carboxylic acids is 1. The van der Waals surface area contributed by atoms with Crippen LogP contribution >= 0.6 is 0 Å². The molecule has 0 aliphatic heterocycles. The van der Waals surface area contributed by atoms with Gasteiger partial charge in [-0.1, -0.05) is 6.07 Å². The topological polar surface area (TPSA) is 82.6 Å². The molecule has 0 amide bonds. The molecule has 1 heterocycles. The molecule has 1 aromatic heterocycles. The Hall–Kier alpha value is -2.63. The van der Waals surface area contributed by atoms with Crippen molar-refractivity contribution in [1.82, 2.24) is 0 Å². The van der Waals surface area contributed by atoms with E-state index in [2.05, 4.69) is 0 Å². The van der Waals surface area contributed by atoms with E-state index in [1.807, 2.05) is 0 Å². The fourth-order valence-electron chi connectivity index (χ4n) is 1.93. The second-order valence-corrected chi connectivity index (χ2v) is 4.07. The van der Waals surface area contributed by atoms with Gasteiger partial charge in [-0.3, -0.25) is 10.1 Å². The number of esters is 1. The van der Waals surface area contributed by atoms with Crippen molar-refractivity contribution in [3.63, 3.8) is 0 Å². The molecule has 2 aromatic rings. The fourth-order valence-corrected chi connectivity index (χ4v) is 1.93. The number of non-ortho nitro benzene ring substituents is 1. The minimum absolute atomic E-state index is 0.0959. The second-order valence-electron chi connectivity index (χ2n) is 4.07.